The van der Waals surface area contributed by atoms with E-state index in [0.717, 1.165) is 35.5 Å². The molecule has 2 aromatic heterocycles. The first kappa shape index (κ1) is 17.8. The van der Waals surface area contributed by atoms with E-state index >= 15 is 0 Å². The Balaban J connectivity index is 1.31. The van der Waals surface area contributed by atoms with E-state index in [1.165, 1.54) is 24.0 Å². The molecule has 0 unspecified atom stereocenters. The molecule has 1 atom stereocenters. The van der Waals surface area contributed by atoms with Crippen molar-refractivity contribution in [1.82, 2.24) is 20.2 Å². The van der Waals surface area contributed by atoms with E-state index in [1.54, 1.807) is 0 Å². The molecular formula is C23H23N5O2. The third-order valence-corrected chi connectivity index (χ3v) is 6.13. The van der Waals surface area contributed by atoms with E-state index in [2.05, 4.69) is 51.3 Å². The van der Waals surface area contributed by atoms with Crippen LogP contribution < -0.4 is 4.90 Å². The second kappa shape index (κ2) is 7.02. The molecule has 2 fully saturated rings. The number of hydrogen-bond acceptors (Lipinski definition) is 7. The highest BCUT2D eigenvalue weighted by Gasteiger charge is 2.27. The van der Waals surface area contributed by atoms with Crippen LogP contribution in [0.2, 0.25) is 0 Å². The molecule has 6 rings (SSSR count). The topological polar surface area (TPSA) is 77.2 Å². The molecular weight excluding hydrogens is 378 g/mol. The molecule has 0 amide bonds. The Kier molecular flexibility index (Phi) is 4.16. The van der Waals surface area contributed by atoms with Gasteiger partial charge >= 0.3 is 6.01 Å². The molecule has 3 aliphatic rings. The maximum atomic E-state index is 6.04. The third kappa shape index (κ3) is 3.10. The summed E-state index contributed by atoms with van der Waals surface area (Å²) in [5.74, 6) is 1.13. The number of hydrogen-bond donors (Lipinski definition) is 0. The number of aromatic nitrogens is 4. The van der Waals surface area contributed by atoms with Gasteiger partial charge in [0.2, 0.25) is 5.89 Å². The zero-order valence-electron chi connectivity index (χ0n) is 16.9. The SMILES string of the molecule is C[C@H]1COCCN1c1nnc(-c2ccc3c(c2)C(c2cncc(C4CC4)n2)=CC3)o1. The van der Waals surface area contributed by atoms with Crippen LogP contribution >= 0.6 is 0 Å². The van der Waals surface area contributed by atoms with E-state index in [1.807, 2.05) is 12.4 Å². The Hall–Kier alpha value is -3.06. The van der Waals surface area contributed by atoms with E-state index in [-0.39, 0.29) is 6.04 Å². The Morgan fingerprint density at radius 2 is 2.07 bits per heavy atom. The Morgan fingerprint density at radius 1 is 1.13 bits per heavy atom. The van der Waals surface area contributed by atoms with Gasteiger partial charge in [0.05, 0.1) is 36.8 Å². The van der Waals surface area contributed by atoms with Crippen molar-refractivity contribution in [3.8, 4) is 11.5 Å². The molecule has 0 bridgehead atoms. The van der Waals surface area contributed by atoms with Gasteiger partial charge in [0.25, 0.3) is 0 Å². The number of fused-ring (bicyclic) bond motifs is 1. The lowest BCUT2D eigenvalue weighted by Crippen LogP contribution is -2.43. The number of morpholine rings is 1. The molecule has 2 aliphatic carbocycles. The van der Waals surface area contributed by atoms with Crippen LogP contribution in [0.25, 0.3) is 17.0 Å². The summed E-state index contributed by atoms with van der Waals surface area (Å²) in [5.41, 5.74) is 6.59. The van der Waals surface area contributed by atoms with Crippen LogP contribution in [0.15, 0.2) is 41.1 Å². The van der Waals surface area contributed by atoms with Crippen molar-refractivity contribution in [2.45, 2.75) is 38.1 Å². The minimum absolute atomic E-state index is 0.221. The van der Waals surface area contributed by atoms with Gasteiger partial charge in [-0.15, -0.1) is 5.10 Å². The van der Waals surface area contributed by atoms with Gasteiger partial charge in [-0.3, -0.25) is 4.98 Å². The van der Waals surface area contributed by atoms with Gasteiger partial charge in [-0.25, -0.2) is 4.98 Å². The second-order valence-corrected chi connectivity index (χ2v) is 8.30. The van der Waals surface area contributed by atoms with Crippen molar-refractivity contribution in [1.29, 1.82) is 0 Å². The molecule has 0 spiro atoms. The number of rotatable bonds is 4. The highest BCUT2D eigenvalue weighted by Crippen LogP contribution is 2.40. The normalized spacial score (nSPS) is 20.9. The molecule has 0 N–H and O–H groups in total. The van der Waals surface area contributed by atoms with Crippen molar-refractivity contribution in [2.75, 3.05) is 24.7 Å². The highest BCUT2D eigenvalue weighted by atomic mass is 16.5. The zero-order chi connectivity index (χ0) is 20.1. The number of anilines is 1. The molecule has 1 saturated carbocycles. The molecule has 1 aromatic carbocycles. The van der Waals surface area contributed by atoms with Crippen LogP contribution in [-0.2, 0) is 11.2 Å². The zero-order valence-corrected chi connectivity index (χ0v) is 16.9. The van der Waals surface area contributed by atoms with Gasteiger partial charge in [0.1, 0.15) is 0 Å². The summed E-state index contributed by atoms with van der Waals surface area (Å²) < 4.78 is 11.5. The maximum Gasteiger partial charge on any atom is 0.318 e. The van der Waals surface area contributed by atoms with Crippen LogP contribution in [-0.4, -0.2) is 46.0 Å². The number of nitrogens with zero attached hydrogens (tertiary/aromatic N) is 5. The number of ether oxygens (including phenoxy) is 1. The molecule has 1 aliphatic heterocycles. The largest absolute Gasteiger partial charge is 0.403 e. The lowest BCUT2D eigenvalue weighted by atomic mass is 10.0. The van der Waals surface area contributed by atoms with E-state index in [0.29, 0.717) is 31.0 Å². The van der Waals surface area contributed by atoms with Crippen LogP contribution in [0.5, 0.6) is 0 Å². The fraction of sp³-hybridized carbons (Fsp3) is 0.391. The number of benzene rings is 1. The van der Waals surface area contributed by atoms with Crippen LogP contribution in [0.4, 0.5) is 6.01 Å². The van der Waals surface area contributed by atoms with E-state index in [4.69, 9.17) is 14.1 Å². The first-order valence-electron chi connectivity index (χ1n) is 10.6. The fourth-order valence-corrected chi connectivity index (χ4v) is 4.25. The van der Waals surface area contributed by atoms with Crippen molar-refractivity contribution < 1.29 is 9.15 Å². The van der Waals surface area contributed by atoms with Crippen molar-refractivity contribution in [3.05, 3.63) is 59.2 Å². The number of allylic oxidation sites excluding steroid dienone is 1. The predicted octanol–water partition coefficient (Wildman–Crippen LogP) is 3.62. The molecule has 30 heavy (non-hydrogen) atoms. The summed E-state index contributed by atoms with van der Waals surface area (Å²) in [5, 5.41) is 8.61. The third-order valence-electron chi connectivity index (χ3n) is 6.13. The van der Waals surface area contributed by atoms with Crippen molar-refractivity contribution >= 4 is 11.6 Å². The minimum Gasteiger partial charge on any atom is -0.403 e. The molecule has 3 aromatic rings. The summed E-state index contributed by atoms with van der Waals surface area (Å²) in [6.07, 6.45) is 9.35. The second-order valence-electron chi connectivity index (χ2n) is 8.30. The van der Waals surface area contributed by atoms with Gasteiger partial charge in [-0.2, -0.15) is 0 Å². The first-order chi connectivity index (χ1) is 14.8. The lowest BCUT2D eigenvalue weighted by molar-refractivity contribution is 0.0962. The fourth-order valence-electron chi connectivity index (χ4n) is 4.25. The van der Waals surface area contributed by atoms with Crippen LogP contribution in [0, 0.1) is 0 Å². The Morgan fingerprint density at radius 3 is 2.93 bits per heavy atom. The molecule has 7 heteroatoms. The monoisotopic (exact) mass is 401 g/mol. The summed E-state index contributed by atoms with van der Waals surface area (Å²) in [7, 11) is 0. The van der Waals surface area contributed by atoms with Gasteiger partial charge in [-0.1, -0.05) is 17.2 Å². The first-order valence-corrected chi connectivity index (χ1v) is 10.6. The summed E-state index contributed by atoms with van der Waals surface area (Å²) in [4.78, 5) is 11.4. The smallest absolute Gasteiger partial charge is 0.318 e. The molecule has 0 radical (unpaired) electrons. The summed E-state index contributed by atoms with van der Waals surface area (Å²) >= 11 is 0. The average molecular weight is 401 g/mol. The van der Waals surface area contributed by atoms with E-state index in [9.17, 15) is 0 Å². The molecule has 7 nitrogen and oxygen atoms in total. The van der Waals surface area contributed by atoms with Crippen molar-refractivity contribution in [2.24, 2.45) is 0 Å². The minimum atomic E-state index is 0.221. The molecule has 1 saturated heterocycles. The lowest BCUT2D eigenvalue weighted by Gasteiger charge is -2.31. The molecule has 3 heterocycles. The average Bonchev–Trinajstić information content (AvgIpc) is 3.37. The van der Waals surface area contributed by atoms with Gasteiger partial charge in [0, 0.05) is 29.8 Å². The van der Waals surface area contributed by atoms with Crippen LogP contribution in [0.3, 0.4) is 0 Å². The summed E-state index contributed by atoms with van der Waals surface area (Å²) in [6, 6.07) is 7.12. The predicted molar refractivity (Wildman–Crippen MR) is 112 cm³/mol. The Labute approximate surface area is 174 Å². The quantitative estimate of drug-likeness (QED) is 0.661. The van der Waals surface area contributed by atoms with Crippen molar-refractivity contribution in [3.63, 3.8) is 0 Å². The van der Waals surface area contributed by atoms with Gasteiger partial charge in [-0.05, 0) is 49.4 Å². The maximum absolute atomic E-state index is 6.04. The highest BCUT2D eigenvalue weighted by molar-refractivity contribution is 5.84. The standard InChI is InChI=1S/C23H23N5O2/c1-14-13-29-9-8-28(14)23-27-26-22(30-23)17-5-2-15-6-7-18(19(15)10-17)21-12-24-11-20(25-21)16-3-4-16/h2,5,7,10-12,14,16H,3-4,6,8-9,13H2,1H3/t14-/m0/s1. The molecule has 152 valence electrons. The Bertz CT molecular complexity index is 1130. The van der Waals surface area contributed by atoms with Gasteiger partial charge < -0.3 is 14.1 Å². The van der Waals surface area contributed by atoms with Crippen LogP contribution in [0.1, 0.15) is 48.2 Å². The summed E-state index contributed by atoms with van der Waals surface area (Å²) in [6.45, 7) is 4.21. The van der Waals surface area contributed by atoms with E-state index < -0.39 is 0 Å². The van der Waals surface area contributed by atoms with Gasteiger partial charge in [0.15, 0.2) is 0 Å².